The number of hydrogen-bond acceptors (Lipinski definition) is 3. The molecule has 2 saturated heterocycles. The van der Waals surface area contributed by atoms with Crippen LogP contribution in [0.25, 0.3) is 0 Å². The fourth-order valence-corrected chi connectivity index (χ4v) is 3.48. The first kappa shape index (κ1) is 15.1. The van der Waals surface area contributed by atoms with E-state index in [4.69, 9.17) is 0 Å². The molecule has 0 spiro atoms. The second-order valence-electron chi connectivity index (χ2n) is 6.02. The third kappa shape index (κ3) is 3.64. The van der Waals surface area contributed by atoms with Crippen LogP contribution in [0.15, 0.2) is 0 Å². The number of alkyl halides is 2. The van der Waals surface area contributed by atoms with E-state index in [9.17, 15) is 8.78 Å². The van der Waals surface area contributed by atoms with E-state index >= 15 is 0 Å². The Morgan fingerprint density at radius 2 is 1.84 bits per heavy atom. The Morgan fingerprint density at radius 3 is 2.37 bits per heavy atom. The zero-order valence-corrected chi connectivity index (χ0v) is 12.2. The highest BCUT2D eigenvalue weighted by molar-refractivity contribution is 4.94. The lowest BCUT2D eigenvalue weighted by molar-refractivity contribution is -0.132. The van der Waals surface area contributed by atoms with Crippen LogP contribution in [0.1, 0.15) is 32.6 Å². The fraction of sp³-hybridized carbons (Fsp3) is 1.00. The van der Waals surface area contributed by atoms with Crippen molar-refractivity contribution >= 4 is 0 Å². The molecule has 2 heterocycles. The van der Waals surface area contributed by atoms with Gasteiger partial charge in [-0.1, -0.05) is 13.3 Å². The number of rotatable bonds is 4. The highest BCUT2D eigenvalue weighted by atomic mass is 19.3. The minimum absolute atomic E-state index is 0.105. The Labute approximate surface area is 115 Å². The van der Waals surface area contributed by atoms with Crippen LogP contribution in [0.5, 0.6) is 0 Å². The Bertz CT molecular complexity index is 278. The topological polar surface area (TPSA) is 18.5 Å². The maximum atomic E-state index is 14.3. The first-order valence-corrected chi connectivity index (χ1v) is 7.55. The van der Waals surface area contributed by atoms with Gasteiger partial charge in [0.25, 0.3) is 5.92 Å². The van der Waals surface area contributed by atoms with Gasteiger partial charge in [-0.2, -0.15) is 0 Å². The fourth-order valence-electron chi connectivity index (χ4n) is 3.48. The average molecular weight is 275 g/mol. The van der Waals surface area contributed by atoms with Crippen LogP contribution >= 0.6 is 0 Å². The number of piperidine rings is 2. The summed E-state index contributed by atoms with van der Waals surface area (Å²) in [5.41, 5.74) is 0. The van der Waals surface area contributed by atoms with Gasteiger partial charge < -0.3 is 5.32 Å². The third-order valence-corrected chi connectivity index (χ3v) is 4.69. The van der Waals surface area contributed by atoms with Crippen molar-refractivity contribution in [2.75, 3.05) is 39.9 Å². The summed E-state index contributed by atoms with van der Waals surface area (Å²) in [7, 11) is 1.81. The zero-order chi connectivity index (χ0) is 13.9. The number of likely N-dealkylation sites (tertiary alicyclic amines) is 2. The smallest absolute Gasteiger partial charge is 0.275 e. The summed E-state index contributed by atoms with van der Waals surface area (Å²) in [6, 6.07) is -0.543. The van der Waals surface area contributed by atoms with Gasteiger partial charge in [-0.25, -0.2) is 8.78 Å². The third-order valence-electron chi connectivity index (χ3n) is 4.69. The molecule has 2 aliphatic rings. The van der Waals surface area contributed by atoms with Crippen LogP contribution < -0.4 is 5.32 Å². The zero-order valence-electron chi connectivity index (χ0n) is 12.2. The van der Waals surface area contributed by atoms with Crippen molar-refractivity contribution in [2.24, 2.45) is 5.92 Å². The number of nitrogens with one attached hydrogen (secondary N) is 1. The van der Waals surface area contributed by atoms with E-state index in [1.165, 1.54) is 6.42 Å². The van der Waals surface area contributed by atoms with Gasteiger partial charge in [-0.15, -0.1) is 0 Å². The summed E-state index contributed by atoms with van der Waals surface area (Å²) in [6.07, 6.45) is 3.95. The van der Waals surface area contributed by atoms with Crippen molar-refractivity contribution in [3.05, 3.63) is 0 Å². The molecule has 2 rings (SSSR count). The molecule has 1 unspecified atom stereocenters. The van der Waals surface area contributed by atoms with Crippen LogP contribution in [0.4, 0.5) is 8.78 Å². The second-order valence-corrected chi connectivity index (χ2v) is 6.02. The molecule has 0 aliphatic carbocycles. The van der Waals surface area contributed by atoms with Gasteiger partial charge in [0.2, 0.25) is 0 Å². The van der Waals surface area contributed by atoms with E-state index in [2.05, 4.69) is 12.2 Å². The molecule has 19 heavy (non-hydrogen) atoms. The normalized spacial score (nSPS) is 30.6. The Morgan fingerprint density at radius 1 is 1.16 bits per heavy atom. The Hall–Kier alpha value is -0.260. The predicted octanol–water partition coefficient (Wildman–Crippen LogP) is 1.99. The number of hydrogen-bond donors (Lipinski definition) is 1. The summed E-state index contributed by atoms with van der Waals surface area (Å²) >= 11 is 0. The molecule has 2 fully saturated rings. The first-order chi connectivity index (χ1) is 9.06. The monoisotopic (exact) mass is 275 g/mol. The minimum Gasteiger partial charge on any atom is -0.307 e. The van der Waals surface area contributed by atoms with E-state index in [1.807, 2.05) is 9.80 Å². The van der Waals surface area contributed by atoms with Crippen LogP contribution in [0.3, 0.4) is 0 Å². The summed E-state index contributed by atoms with van der Waals surface area (Å²) in [5.74, 6) is -1.83. The van der Waals surface area contributed by atoms with Crippen molar-refractivity contribution < 1.29 is 8.78 Å². The molecule has 1 N–H and O–H groups in total. The van der Waals surface area contributed by atoms with Crippen molar-refractivity contribution in [3.8, 4) is 0 Å². The summed E-state index contributed by atoms with van der Waals surface area (Å²) in [5, 5.41) is 2.96. The molecule has 0 saturated carbocycles. The van der Waals surface area contributed by atoms with E-state index in [0.717, 1.165) is 38.4 Å². The van der Waals surface area contributed by atoms with Crippen molar-refractivity contribution in [3.63, 3.8) is 0 Å². The maximum absolute atomic E-state index is 14.3. The van der Waals surface area contributed by atoms with Crippen LogP contribution in [-0.2, 0) is 0 Å². The number of nitrogens with zero attached hydrogens (tertiary/aromatic N) is 2. The maximum Gasteiger partial charge on any atom is 0.275 e. The molecular formula is C14H27F2N3. The molecule has 112 valence electrons. The molecule has 5 heteroatoms. The quantitative estimate of drug-likeness (QED) is 0.846. The highest BCUT2D eigenvalue weighted by Gasteiger charge is 2.47. The summed E-state index contributed by atoms with van der Waals surface area (Å²) in [6.45, 7) is 5.13. The lowest BCUT2D eigenvalue weighted by atomic mass is 9.91. The van der Waals surface area contributed by atoms with Gasteiger partial charge in [0.05, 0.1) is 12.6 Å². The average Bonchev–Trinajstić information content (AvgIpc) is 2.38. The van der Waals surface area contributed by atoms with Gasteiger partial charge in [0, 0.05) is 13.2 Å². The molecule has 0 bridgehead atoms. The van der Waals surface area contributed by atoms with E-state index in [0.29, 0.717) is 13.1 Å². The van der Waals surface area contributed by atoms with Gasteiger partial charge in [-0.05, 0) is 45.3 Å². The van der Waals surface area contributed by atoms with E-state index < -0.39 is 12.0 Å². The van der Waals surface area contributed by atoms with Crippen molar-refractivity contribution in [1.82, 2.24) is 15.1 Å². The van der Waals surface area contributed by atoms with E-state index in [1.54, 1.807) is 7.05 Å². The van der Waals surface area contributed by atoms with Crippen LogP contribution in [0.2, 0.25) is 0 Å². The molecule has 0 amide bonds. The predicted molar refractivity (Wildman–Crippen MR) is 73.4 cm³/mol. The van der Waals surface area contributed by atoms with Crippen molar-refractivity contribution in [2.45, 2.75) is 44.6 Å². The molecule has 0 aromatic rings. The second kappa shape index (κ2) is 6.46. The Kier molecular flexibility index (Phi) is 5.15. The summed E-state index contributed by atoms with van der Waals surface area (Å²) < 4.78 is 28.6. The molecule has 0 aromatic heterocycles. The lowest BCUT2D eigenvalue weighted by Gasteiger charge is -2.45. The molecular weight excluding hydrogens is 248 g/mol. The van der Waals surface area contributed by atoms with Gasteiger partial charge in [0.15, 0.2) is 0 Å². The van der Waals surface area contributed by atoms with Gasteiger partial charge in [0.1, 0.15) is 0 Å². The SMILES string of the molecule is CCC1CCN(C2CCN(CNC)CC2(F)F)CC1. The summed E-state index contributed by atoms with van der Waals surface area (Å²) in [4.78, 5) is 3.86. The van der Waals surface area contributed by atoms with Crippen molar-refractivity contribution in [1.29, 1.82) is 0 Å². The first-order valence-electron chi connectivity index (χ1n) is 7.55. The Balaban J connectivity index is 1.90. The van der Waals surface area contributed by atoms with Crippen LogP contribution in [0, 0.1) is 5.92 Å². The largest absolute Gasteiger partial charge is 0.307 e. The standard InChI is InChI=1S/C14H27F2N3/c1-3-12-4-8-19(9-5-12)13-6-7-18(11-17-2)10-14(13,15)16/h12-13,17H,3-11H2,1-2H3. The minimum atomic E-state index is -2.58. The molecule has 2 aliphatic heterocycles. The highest BCUT2D eigenvalue weighted by Crippen LogP contribution is 2.33. The lowest BCUT2D eigenvalue weighted by Crippen LogP contribution is -2.60. The molecule has 0 radical (unpaired) electrons. The number of halogens is 2. The van der Waals surface area contributed by atoms with Gasteiger partial charge >= 0.3 is 0 Å². The van der Waals surface area contributed by atoms with Crippen LogP contribution in [-0.4, -0.2) is 61.7 Å². The van der Waals surface area contributed by atoms with Gasteiger partial charge in [-0.3, -0.25) is 9.80 Å². The molecule has 3 nitrogen and oxygen atoms in total. The van der Waals surface area contributed by atoms with E-state index in [-0.39, 0.29) is 6.54 Å². The molecule has 0 aromatic carbocycles. The molecule has 1 atom stereocenters.